The highest BCUT2D eigenvalue weighted by Crippen LogP contribution is 2.32. The number of hydrogen-bond donors (Lipinski definition) is 2. The fourth-order valence-corrected chi connectivity index (χ4v) is 1.75. The molecule has 0 unspecified atom stereocenters. The smallest absolute Gasteiger partial charge is 0.461 e. The molecule has 0 aliphatic carbocycles. The minimum absolute atomic E-state index is 0.0980. The standard InChI is InChI=1S/C13H16F3N3O3/c1-4-22-11(21)12(13(14,15)16,18-9(3)20)19-10-7-5-6-8(2)17-10/h5-7H,4H2,1-3H3,(H,17,19)(H,18,20)/p+1/t12-/m0/s1. The Balaban J connectivity index is 3.34. The highest BCUT2D eigenvalue weighted by molar-refractivity contribution is 5.90. The molecule has 0 bridgehead atoms. The van der Waals surface area contributed by atoms with Gasteiger partial charge in [0.05, 0.1) is 12.3 Å². The van der Waals surface area contributed by atoms with Gasteiger partial charge < -0.3 is 4.74 Å². The van der Waals surface area contributed by atoms with Gasteiger partial charge in [-0.15, -0.1) is 0 Å². The Bertz CT molecular complexity index is 563. The number of aryl methyl sites for hydroxylation is 1. The van der Waals surface area contributed by atoms with E-state index in [2.05, 4.69) is 9.72 Å². The fourth-order valence-electron chi connectivity index (χ4n) is 1.75. The highest BCUT2D eigenvalue weighted by atomic mass is 19.4. The van der Waals surface area contributed by atoms with Crippen LogP contribution in [0.5, 0.6) is 0 Å². The Labute approximate surface area is 125 Å². The molecular formula is C13H17F3N3O3+. The van der Waals surface area contributed by atoms with Crippen molar-refractivity contribution in [2.45, 2.75) is 32.6 Å². The number of esters is 1. The zero-order chi connectivity index (χ0) is 17.0. The molecule has 3 N–H and O–H groups in total. The van der Waals surface area contributed by atoms with E-state index in [0.29, 0.717) is 5.69 Å². The average Bonchev–Trinajstić information content (AvgIpc) is 2.36. The number of carbonyl (C=O) groups excluding carboxylic acids is 2. The largest absolute Gasteiger partial charge is 0.464 e. The lowest BCUT2D eigenvalue weighted by Gasteiger charge is -2.30. The number of aromatic nitrogens is 1. The Kier molecular flexibility index (Phi) is 5.34. The van der Waals surface area contributed by atoms with E-state index in [1.165, 1.54) is 19.1 Å². The van der Waals surface area contributed by atoms with Crippen molar-refractivity contribution < 1.29 is 32.5 Å². The number of halogens is 3. The summed E-state index contributed by atoms with van der Waals surface area (Å²) in [5.41, 5.74) is -2.81. The number of hydrogen-bond acceptors (Lipinski definition) is 4. The Hall–Kier alpha value is -2.32. The number of ether oxygens (including phenoxy) is 1. The third-order valence-corrected chi connectivity index (χ3v) is 2.63. The summed E-state index contributed by atoms with van der Waals surface area (Å²) in [6, 6.07) is 4.42. The van der Waals surface area contributed by atoms with Gasteiger partial charge in [-0.3, -0.25) is 10.1 Å². The number of H-pyrrole nitrogens is 1. The van der Waals surface area contributed by atoms with E-state index in [0.717, 1.165) is 6.92 Å². The highest BCUT2D eigenvalue weighted by Gasteiger charge is 2.67. The van der Waals surface area contributed by atoms with Crippen molar-refractivity contribution in [3.8, 4) is 0 Å². The van der Waals surface area contributed by atoms with Crippen molar-refractivity contribution in [2.24, 2.45) is 0 Å². The molecule has 0 radical (unpaired) electrons. The van der Waals surface area contributed by atoms with Crippen LogP contribution in [0.2, 0.25) is 0 Å². The van der Waals surface area contributed by atoms with E-state index in [1.54, 1.807) is 18.3 Å². The van der Waals surface area contributed by atoms with Crippen molar-refractivity contribution in [1.82, 2.24) is 5.32 Å². The van der Waals surface area contributed by atoms with Crippen LogP contribution in [0.1, 0.15) is 19.5 Å². The van der Waals surface area contributed by atoms with Crippen molar-refractivity contribution in [3.05, 3.63) is 23.9 Å². The number of alkyl halides is 3. The maximum absolute atomic E-state index is 13.5. The monoisotopic (exact) mass is 320 g/mol. The SMILES string of the molecule is CCOC(=O)[C@](NC(C)=O)(Nc1cccc(C)[nH+]1)C(F)(F)F. The van der Waals surface area contributed by atoms with E-state index in [1.807, 2.05) is 5.32 Å². The van der Waals surface area contributed by atoms with Gasteiger partial charge >= 0.3 is 17.8 Å². The third-order valence-electron chi connectivity index (χ3n) is 2.63. The minimum atomic E-state index is -5.12. The maximum Gasteiger partial charge on any atom is 0.464 e. The van der Waals surface area contributed by atoms with Gasteiger partial charge in [0.25, 0.3) is 5.82 Å². The lowest BCUT2D eigenvalue weighted by molar-refractivity contribution is -0.372. The molecule has 1 rings (SSSR count). The first kappa shape index (κ1) is 17.7. The normalized spacial score (nSPS) is 13.9. The summed E-state index contributed by atoms with van der Waals surface area (Å²) in [5, 5.41) is 3.62. The van der Waals surface area contributed by atoms with Gasteiger partial charge in [-0.1, -0.05) is 6.07 Å². The number of nitrogens with one attached hydrogen (secondary N) is 3. The molecule has 0 spiro atoms. The predicted molar refractivity (Wildman–Crippen MR) is 70.6 cm³/mol. The molecule has 9 heteroatoms. The van der Waals surface area contributed by atoms with Crippen molar-refractivity contribution in [1.29, 1.82) is 0 Å². The molecular weight excluding hydrogens is 303 g/mol. The van der Waals surface area contributed by atoms with Crippen LogP contribution >= 0.6 is 0 Å². The Morgan fingerprint density at radius 2 is 1.95 bits per heavy atom. The van der Waals surface area contributed by atoms with Gasteiger partial charge in [0, 0.05) is 13.0 Å². The summed E-state index contributed by atoms with van der Waals surface area (Å²) in [6.07, 6.45) is -5.12. The molecule has 1 aromatic rings. The number of carbonyl (C=O) groups is 2. The quantitative estimate of drug-likeness (QED) is 0.630. The lowest BCUT2D eigenvalue weighted by Crippen LogP contribution is -2.69. The molecule has 122 valence electrons. The van der Waals surface area contributed by atoms with Gasteiger partial charge in [0.15, 0.2) is 0 Å². The van der Waals surface area contributed by atoms with Crippen LogP contribution in [-0.4, -0.2) is 30.3 Å². The van der Waals surface area contributed by atoms with E-state index >= 15 is 0 Å². The molecule has 0 fully saturated rings. The van der Waals surface area contributed by atoms with E-state index < -0.39 is 23.7 Å². The fraction of sp³-hybridized carbons (Fsp3) is 0.462. The lowest BCUT2D eigenvalue weighted by atomic mass is 10.1. The summed E-state index contributed by atoms with van der Waals surface area (Å²) in [7, 11) is 0. The van der Waals surface area contributed by atoms with Crippen LogP contribution in [0.3, 0.4) is 0 Å². The molecule has 6 nitrogen and oxygen atoms in total. The van der Waals surface area contributed by atoms with Gasteiger partial charge in [0.2, 0.25) is 5.91 Å². The number of amides is 1. The number of rotatable bonds is 5. The van der Waals surface area contributed by atoms with Gasteiger partial charge in [-0.25, -0.2) is 15.1 Å². The Morgan fingerprint density at radius 1 is 1.32 bits per heavy atom. The molecule has 0 aliphatic rings. The van der Waals surface area contributed by atoms with Crippen LogP contribution in [-0.2, 0) is 14.3 Å². The second kappa shape index (κ2) is 6.63. The second-order valence-corrected chi connectivity index (χ2v) is 4.52. The first-order chi connectivity index (χ1) is 10.1. The van der Waals surface area contributed by atoms with Gasteiger partial charge in [-0.2, -0.15) is 13.2 Å². The van der Waals surface area contributed by atoms with E-state index in [-0.39, 0.29) is 12.4 Å². The molecule has 1 amide bonds. The van der Waals surface area contributed by atoms with Crippen LogP contribution < -0.4 is 15.6 Å². The molecule has 0 saturated carbocycles. The van der Waals surface area contributed by atoms with Crippen LogP contribution in [0.4, 0.5) is 19.0 Å². The Morgan fingerprint density at radius 3 is 2.41 bits per heavy atom. The van der Waals surface area contributed by atoms with Crippen LogP contribution in [0, 0.1) is 6.92 Å². The van der Waals surface area contributed by atoms with E-state index in [4.69, 9.17) is 0 Å². The van der Waals surface area contributed by atoms with Gasteiger partial charge in [0.1, 0.15) is 0 Å². The van der Waals surface area contributed by atoms with E-state index in [9.17, 15) is 22.8 Å². The molecule has 0 aromatic carbocycles. The third kappa shape index (κ3) is 3.86. The summed E-state index contributed by atoms with van der Waals surface area (Å²) in [4.78, 5) is 25.7. The minimum Gasteiger partial charge on any atom is -0.461 e. The summed E-state index contributed by atoms with van der Waals surface area (Å²) in [5.74, 6) is -2.78. The summed E-state index contributed by atoms with van der Waals surface area (Å²) >= 11 is 0. The zero-order valence-corrected chi connectivity index (χ0v) is 12.3. The topological polar surface area (TPSA) is 81.6 Å². The maximum atomic E-state index is 13.5. The number of aromatic amines is 1. The van der Waals surface area contributed by atoms with Gasteiger partial charge in [-0.05, 0) is 19.9 Å². The van der Waals surface area contributed by atoms with Crippen LogP contribution in [0.15, 0.2) is 18.2 Å². The first-order valence-corrected chi connectivity index (χ1v) is 6.42. The van der Waals surface area contributed by atoms with Crippen molar-refractivity contribution >= 4 is 17.7 Å². The first-order valence-electron chi connectivity index (χ1n) is 6.42. The second-order valence-electron chi connectivity index (χ2n) is 4.52. The summed E-state index contributed by atoms with van der Waals surface area (Å²) < 4.78 is 45.0. The molecule has 0 aliphatic heterocycles. The van der Waals surface area contributed by atoms with Crippen molar-refractivity contribution in [2.75, 3.05) is 11.9 Å². The number of pyridine rings is 1. The molecule has 0 saturated heterocycles. The van der Waals surface area contributed by atoms with Crippen molar-refractivity contribution in [3.63, 3.8) is 0 Å². The summed E-state index contributed by atoms with van der Waals surface area (Å²) in [6.45, 7) is 3.60. The zero-order valence-electron chi connectivity index (χ0n) is 12.3. The molecule has 22 heavy (non-hydrogen) atoms. The molecule has 1 aromatic heterocycles. The average molecular weight is 320 g/mol. The van der Waals surface area contributed by atoms with Crippen LogP contribution in [0.25, 0.3) is 0 Å². The number of anilines is 1. The predicted octanol–water partition coefficient (Wildman–Crippen LogP) is 1.18. The molecule has 1 heterocycles. The molecule has 1 atom stereocenters.